The van der Waals surface area contributed by atoms with E-state index in [1.54, 1.807) is 0 Å². The number of hydrogen-bond donors (Lipinski definition) is 1. The minimum absolute atomic E-state index is 0.324. The molecule has 2 fully saturated rings. The SMILES string of the molecule is OCCCC1C2COCC1CN(Cc1ccccc1)C2. The number of hydrogen-bond acceptors (Lipinski definition) is 3. The maximum atomic E-state index is 9.07. The molecule has 0 radical (unpaired) electrons. The van der Waals surface area contributed by atoms with E-state index in [0.717, 1.165) is 51.6 Å². The number of ether oxygens (including phenoxy) is 1. The maximum Gasteiger partial charge on any atom is 0.0509 e. The molecule has 2 aliphatic rings. The number of likely N-dealkylation sites (tertiary alicyclic amines) is 1. The number of aliphatic hydroxyl groups is 1. The van der Waals surface area contributed by atoms with E-state index in [2.05, 4.69) is 35.2 Å². The van der Waals surface area contributed by atoms with Gasteiger partial charge >= 0.3 is 0 Å². The molecule has 2 aliphatic heterocycles. The van der Waals surface area contributed by atoms with Crippen molar-refractivity contribution in [3.8, 4) is 0 Å². The van der Waals surface area contributed by atoms with E-state index in [0.29, 0.717) is 18.4 Å². The van der Waals surface area contributed by atoms with Crippen LogP contribution in [-0.2, 0) is 11.3 Å². The second-order valence-corrected chi connectivity index (χ2v) is 6.27. The van der Waals surface area contributed by atoms with Crippen LogP contribution >= 0.6 is 0 Å². The average Bonchev–Trinajstić information content (AvgIpc) is 2.46. The normalized spacial score (nSPS) is 30.4. The van der Waals surface area contributed by atoms with Gasteiger partial charge in [0.25, 0.3) is 0 Å². The van der Waals surface area contributed by atoms with Gasteiger partial charge in [-0.3, -0.25) is 4.90 Å². The average molecular weight is 275 g/mol. The van der Waals surface area contributed by atoms with Crippen LogP contribution in [0.1, 0.15) is 18.4 Å². The third-order valence-corrected chi connectivity index (χ3v) is 4.80. The minimum atomic E-state index is 0.324. The molecule has 20 heavy (non-hydrogen) atoms. The van der Waals surface area contributed by atoms with Crippen LogP contribution in [0, 0.1) is 17.8 Å². The second-order valence-electron chi connectivity index (χ2n) is 6.27. The molecule has 2 bridgehead atoms. The summed E-state index contributed by atoms with van der Waals surface area (Å²) in [6, 6.07) is 10.7. The van der Waals surface area contributed by atoms with Crippen molar-refractivity contribution in [1.29, 1.82) is 0 Å². The van der Waals surface area contributed by atoms with E-state index in [1.165, 1.54) is 5.56 Å². The first kappa shape index (κ1) is 14.1. The van der Waals surface area contributed by atoms with Gasteiger partial charge in [0.05, 0.1) is 13.2 Å². The fraction of sp³-hybridized carbons (Fsp3) is 0.647. The standard InChI is InChI=1S/C17H25NO2/c19-8-4-7-17-15-10-18(11-16(17)13-20-12-15)9-14-5-2-1-3-6-14/h1-3,5-6,15-17,19H,4,7-13H2. The Bertz CT molecular complexity index is 395. The van der Waals surface area contributed by atoms with E-state index in [4.69, 9.17) is 9.84 Å². The fourth-order valence-corrected chi connectivity index (χ4v) is 3.89. The predicted molar refractivity (Wildman–Crippen MR) is 79.3 cm³/mol. The van der Waals surface area contributed by atoms with Crippen LogP contribution in [0.15, 0.2) is 30.3 Å². The van der Waals surface area contributed by atoms with Gasteiger partial charge in [-0.25, -0.2) is 0 Å². The quantitative estimate of drug-likeness (QED) is 0.894. The van der Waals surface area contributed by atoms with Gasteiger partial charge in [0, 0.05) is 26.2 Å². The fourth-order valence-electron chi connectivity index (χ4n) is 3.89. The topological polar surface area (TPSA) is 32.7 Å². The summed E-state index contributed by atoms with van der Waals surface area (Å²) in [7, 11) is 0. The number of nitrogens with zero attached hydrogens (tertiary/aromatic N) is 1. The molecule has 0 amide bonds. The highest BCUT2D eigenvalue weighted by Gasteiger charge is 2.39. The summed E-state index contributed by atoms with van der Waals surface area (Å²) >= 11 is 0. The van der Waals surface area contributed by atoms with Crippen LogP contribution in [0.4, 0.5) is 0 Å². The molecule has 1 aromatic carbocycles. The first-order valence-electron chi connectivity index (χ1n) is 7.81. The van der Waals surface area contributed by atoms with E-state index in [1.807, 2.05) is 0 Å². The first-order chi connectivity index (χ1) is 9.86. The minimum Gasteiger partial charge on any atom is -0.396 e. The Morgan fingerprint density at radius 3 is 2.45 bits per heavy atom. The highest BCUT2D eigenvalue weighted by Crippen LogP contribution is 2.36. The van der Waals surface area contributed by atoms with E-state index < -0.39 is 0 Å². The number of piperidine rings is 1. The monoisotopic (exact) mass is 275 g/mol. The van der Waals surface area contributed by atoms with E-state index >= 15 is 0 Å². The summed E-state index contributed by atoms with van der Waals surface area (Å²) in [6.07, 6.45) is 2.10. The first-order valence-corrected chi connectivity index (χ1v) is 7.81. The van der Waals surface area contributed by atoms with Gasteiger partial charge in [0.2, 0.25) is 0 Å². The van der Waals surface area contributed by atoms with Gasteiger partial charge in [0.1, 0.15) is 0 Å². The zero-order chi connectivity index (χ0) is 13.8. The highest BCUT2D eigenvalue weighted by molar-refractivity contribution is 5.14. The molecule has 2 heterocycles. The summed E-state index contributed by atoms with van der Waals surface area (Å²) in [5.41, 5.74) is 1.40. The van der Waals surface area contributed by atoms with Gasteiger partial charge in [-0.2, -0.15) is 0 Å². The Kier molecular flexibility index (Phi) is 4.71. The molecular weight excluding hydrogens is 250 g/mol. The lowest BCUT2D eigenvalue weighted by molar-refractivity contribution is -0.0884. The Morgan fingerprint density at radius 2 is 1.80 bits per heavy atom. The molecule has 0 aliphatic carbocycles. The molecule has 0 spiro atoms. The number of aliphatic hydroxyl groups excluding tert-OH is 1. The smallest absolute Gasteiger partial charge is 0.0509 e. The Morgan fingerprint density at radius 1 is 1.10 bits per heavy atom. The molecule has 1 N–H and O–H groups in total. The van der Waals surface area contributed by atoms with Crippen LogP contribution in [0.3, 0.4) is 0 Å². The van der Waals surface area contributed by atoms with Crippen molar-refractivity contribution < 1.29 is 9.84 Å². The molecule has 110 valence electrons. The molecule has 3 rings (SSSR count). The molecule has 2 unspecified atom stereocenters. The Balaban J connectivity index is 1.61. The van der Waals surface area contributed by atoms with Crippen molar-refractivity contribution in [3.63, 3.8) is 0 Å². The second kappa shape index (κ2) is 6.70. The molecular formula is C17H25NO2. The summed E-state index contributed by atoms with van der Waals surface area (Å²) < 4.78 is 5.76. The highest BCUT2D eigenvalue weighted by atomic mass is 16.5. The number of benzene rings is 1. The van der Waals surface area contributed by atoms with Crippen molar-refractivity contribution in [2.24, 2.45) is 17.8 Å². The van der Waals surface area contributed by atoms with Crippen LogP contribution in [0.25, 0.3) is 0 Å². The zero-order valence-corrected chi connectivity index (χ0v) is 12.1. The van der Waals surface area contributed by atoms with Crippen molar-refractivity contribution in [1.82, 2.24) is 4.90 Å². The third-order valence-electron chi connectivity index (χ3n) is 4.80. The van der Waals surface area contributed by atoms with Crippen LogP contribution in [0.2, 0.25) is 0 Å². The molecule has 2 saturated heterocycles. The van der Waals surface area contributed by atoms with Crippen LogP contribution in [-0.4, -0.2) is 42.9 Å². The summed E-state index contributed by atoms with van der Waals surface area (Å²) in [5.74, 6) is 2.05. The van der Waals surface area contributed by atoms with Gasteiger partial charge < -0.3 is 9.84 Å². The van der Waals surface area contributed by atoms with Crippen molar-refractivity contribution in [2.75, 3.05) is 32.9 Å². The van der Waals surface area contributed by atoms with Gasteiger partial charge in [-0.1, -0.05) is 30.3 Å². The summed E-state index contributed by atoms with van der Waals surface area (Å²) in [4.78, 5) is 2.59. The van der Waals surface area contributed by atoms with E-state index in [-0.39, 0.29) is 0 Å². The largest absolute Gasteiger partial charge is 0.396 e. The Labute approximate surface area is 121 Å². The Hall–Kier alpha value is -0.900. The van der Waals surface area contributed by atoms with Crippen LogP contribution in [0.5, 0.6) is 0 Å². The lowest BCUT2D eigenvalue weighted by atomic mass is 9.74. The van der Waals surface area contributed by atoms with Gasteiger partial charge in [-0.05, 0) is 36.2 Å². The van der Waals surface area contributed by atoms with Crippen molar-refractivity contribution in [3.05, 3.63) is 35.9 Å². The van der Waals surface area contributed by atoms with Crippen molar-refractivity contribution >= 4 is 0 Å². The molecule has 3 nitrogen and oxygen atoms in total. The van der Waals surface area contributed by atoms with Crippen LogP contribution < -0.4 is 0 Å². The van der Waals surface area contributed by atoms with E-state index in [9.17, 15) is 0 Å². The summed E-state index contributed by atoms with van der Waals surface area (Å²) in [5, 5.41) is 9.07. The maximum absolute atomic E-state index is 9.07. The molecule has 0 saturated carbocycles. The van der Waals surface area contributed by atoms with Gasteiger partial charge in [0.15, 0.2) is 0 Å². The molecule has 2 atom stereocenters. The number of rotatable bonds is 5. The summed E-state index contributed by atoms with van der Waals surface area (Å²) in [6.45, 7) is 5.46. The van der Waals surface area contributed by atoms with Crippen molar-refractivity contribution in [2.45, 2.75) is 19.4 Å². The molecule has 1 aromatic rings. The number of fused-ring (bicyclic) bond motifs is 2. The molecule has 3 heteroatoms. The lowest BCUT2D eigenvalue weighted by Crippen LogP contribution is -2.52. The lowest BCUT2D eigenvalue weighted by Gasteiger charge is -2.47. The third kappa shape index (κ3) is 3.22. The van der Waals surface area contributed by atoms with Gasteiger partial charge in [-0.15, -0.1) is 0 Å². The zero-order valence-electron chi connectivity index (χ0n) is 12.1. The predicted octanol–water partition coefficient (Wildman–Crippen LogP) is 2.15. The molecule has 0 aromatic heterocycles.